The van der Waals surface area contributed by atoms with Crippen LogP contribution in [0.25, 0.3) is 0 Å². The molecule has 0 bridgehead atoms. The normalized spacial score (nSPS) is 14.8. The lowest BCUT2D eigenvalue weighted by atomic mass is 10.0. The van der Waals surface area contributed by atoms with Gasteiger partial charge in [0.1, 0.15) is 0 Å². The first kappa shape index (κ1) is 19.9. The summed E-state index contributed by atoms with van der Waals surface area (Å²) >= 11 is 0. The lowest BCUT2D eigenvalue weighted by Gasteiger charge is -2.38. The molecule has 7 nitrogen and oxygen atoms in total. The zero-order valence-electron chi connectivity index (χ0n) is 15.3. The maximum Gasteiger partial charge on any atom is 0.253 e. The van der Waals surface area contributed by atoms with Crippen LogP contribution in [0.15, 0.2) is 30.3 Å². The molecule has 0 aromatic heterocycles. The Morgan fingerprint density at radius 2 is 1.85 bits per heavy atom. The van der Waals surface area contributed by atoms with E-state index in [0.717, 1.165) is 19.3 Å². The van der Waals surface area contributed by atoms with E-state index in [-0.39, 0.29) is 36.9 Å². The highest BCUT2D eigenvalue weighted by molar-refractivity contribution is 5.94. The third-order valence-electron chi connectivity index (χ3n) is 4.62. The number of rotatable bonds is 7. The molecule has 0 radical (unpaired) electrons. The number of nitrogens with two attached hydrogens (primary N) is 1. The molecule has 142 valence electrons. The Labute approximate surface area is 154 Å². The largest absolute Gasteiger partial charge is 0.346 e. The molecule has 1 saturated heterocycles. The Balaban J connectivity index is 1.91. The number of carbonyl (C=O) groups is 3. The second kappa shape index (κ2) is 9.91. The number of nitrogens with one attached hydrogen (secondary N) is 1. The highest BCUT2D eigenvalue weighted by Gasteiger charge is 2.29. The Kier molecular flexibility index (Phi) is 7.59. The number of hydrogen-bond donors (Lipinski definition) is 2. The van der Waals surface area contributed by atoms with Crippen molar-refractivity contribution in [1.82, 2.24) is 15.1 Å². The molecule has 7 heteroatoms. The van der Waals surface area contributed by atoms with Crippen LogP contribution in [0.3, 0.4) is 0 Å². The monoisotopic (exact) mass is 360 g/mol. The average Bonchev–Trinajstić information content (AvgIpc) is 2.70. The second-order valence-corrected chi connectivity index (χ2v) is 6.46. The summed E-state index contributed by atoms with van der Waals surface area (Å²) in [7, 11) is 0. The maximum absolute atomic E-state index is 12.5. The number of nitrogens with zero attached hydrogens (tertiary/aromatic N) is 2. The van der Waals surface area contributed by atoms with Crippen LogP contribution in [0.4, 0.5) is 0 Å². The van der Waals surface area contributed by atoms with Crippen molar-refractivity contribution in [2.24, 2.45) is 5.73 Å². The van der Waals surface area contributed by atoms with Crippen LogP contribution in [-0.2, 0) is 9.59 Å². The van der Waals surface area contributed by atoms with E-state index in [1.54, 1.807) is 0 Å². The first-order chi connectivity index (χ1) is 12.6. The van der Waals surface area contributed by atoms with Crippen molar-refractivity contribution in [2.45, 2.75) is 32.2 Å². The van der Waals surface area contributed by atoms with Gasteiger partial charge < -0.3 is 20.9 Å². The molecule has 0 aliphatic carbocycles. The van der Waals surface area contributed by atoms with Gasteiger partial charge >= 0.3 is 0 Å². The molecular weight excluding hydrogens is 332 g/mol. The molecule has 0 unspecified atom stereocenters. The van der Waals surface area contributed by atoms with Gasteiger partial charge in [0.05, 0.1) is 13.1 Å². The van der Waals surface area contributed by atoms with E-state index in [2.05, 4.69) is 5.32 Å². The Bertz CT molecular complexity index is 612. The Morgan fingerprint density at radius 1 is 1.19 bits per heavy atom. The van der Waals surface area contributed by atoms with E-state index in [0.29, 0.717) is 25.2 Å². The summed E-state index contributed by atoms with van der Waals surface area (Å²) in [5.41, 5.74) is 5.94. The molecule has 1 aromatic carbocycles. The van der Waals surface area contributed by atoms with Crippen molar-refractivity contribution in [1.29, 1.82) is 0 Å². The summed E-state index contributed by atoms with van der Waals surface area (Å²) in [6.45, 7) is 3.77. The lowest BCUT2D eigenvalue weighted by Crippen LogP contribution is -2.51. The molecule has 1 aliphatic heterocycles. The average molecular weight is 360 g/mol. The topological polar surface area (TPSA) is 95.7 Å². The molecule has 2 rings (SSSR count). The van der Waals surface area contributed by atoms with Gasteiger partial charge in [-0.15, -0.1) is 0 Å². The molecular formula is C19H28N4O3. The number of hydrogen-bond acceptors (Lipinski definition) is 4. The van der Waals surface area contributed by atoms with Gasteiger partial charge in [-0.3, -0.25) is 14.4 Å². The molecule has 0 spiro atoms. The van der Waals surface area contributed by atoms with Crippen molar-refractivity contribution in [3.63, 3.8) is 0 Å². The molecule has 0 atom stereocenters. The first-order valence-electron chi connectivity index (χ1n) is 9.17. The van der Waals surface area contributed by atoms with E-state index in [9.17, 15) is 14.4 Å². The van der Waals surface area contributed by atoms with Crippen LogP contribution in [0.2, 0.25) is 0 Å². The highest BCUT2D eigenvalue weighted by atomic mass is 16.2. The summed E-state index contributed by atoms with van der Waals surface area (Å²) < 4.78 is 0. The lowest BCUT2D eigenvalue weighted by molar-refractivity contribution is -0.135. The predicted molar refractivity (Wildman–Crippen MR) is 99.4 cm³/mol. The quantitative estimate of drug-likeness (QED) is 0.744. The molecule has 1 fully saturated rings. The van der Waals surface area contributed by atoms with Crippen molar-refractivity contribution in [3.8, 4) is 0 Å². The molecule has 1 aliphatic rings. The number of amides is 3. The fraction of sp³-hybridized carbons (Fsp3) is 0.526. The highest BCUT2D eigenvalue weighted by Crippen LogP contribution is 2.19. The van der Waals surface area contributed by atoms with Crippen molar-refractivity contribution in [2.75, 3.05) is 32.7 Å². The smallest absolute Gasteiger partial charge is 0.253 e. The minimum absolute atomic E-state index is 0.0286. The zero-order chi connectivity index (χ0) is 18.9. The van der Waals surface area contributed by atoms with Gasteiger partial charge in [0.25, 0.3) is 5.91 Å². The van der Waals surface area contributed by atoms with Gasteiger partial charge in [-0.05, 0) is 31.4 Å². The van der Waals surface area contributed by atoms with Gasteiger partial charge in [-0.1, -0.05) is 25.1 Å². The number of likely N-dealkylation sites (tertiary alicyclic amines) is 1. The summed E-state index contributed by atoms with van der Waals surface area (Å²) in [5, 5.41) is 2.54. The SMILES string of the molecule is CCCN(C(=O)CNC(=O)CN)C1CCN(C(=O)c2ccccc2)CC1. The van der Waals surface area contributed by atoms with Crippen LogP contribution in [-0.4, -0.2) is 66.3 Å². The van der Waals surface area contributed by atoms with Gasteiger partial charge in [0.15, 0.2) is 0 Å². The Hall–Kier alpha value is -2.41. The third-order valence-corrected chi connectivity index (χ3v) is 4.62. The molecule has 3 N–H and O–H groups in total. The predicted octanol–water partition coefficient (Wildman–Crippen LogP) is 0.605. The molecule has 1 heterocycles. The van der Waals surface area contributed by atoms with E-state index >= 15 is 0 Å². The number of carbonyl (C=O) groups excluding carboxylic acids is 3. The van der Waals surface area contributed by atoms with Crippen LogP contribution in [0.1, 0.15) is 36.5 Å². The van der Waals surface area contributed by atoms with Crippen molar-refractivity contribution in [3.05, 3.63) is 35.9 Å². The Morgan fingerprint density at radius 3 is 2.42 bits per heavy atom. The van der Waals surface area contributed by atoms with Crippen LogP contribution < -0.4 is 11.1 Å². The summed E-state index contributed by atoms with van der Waals surface area (Å²) in [4.78, 5) is 40.0. The summed E-state index contributed by atoms with van der Waals surface area (Å²) in [6.07, 6.45) is 2.34. The van der Waals surface area contributed by atoms with Gasteiger partial charge in [0, 0.05) is 31.2 Å². The van der Waals surface area contributed by atoms with E-state index in [4.69, 9.17) is 5.73 Å². The minimum atomic E-state index is -0.335. The number of benzene rings is 1. The standard InChI is InChI=1S/C19H28N4O3/c1-2-10-23(18(25)14-21-17(24)13-20)16-8-11-22(12-9-16)19(26)15-6-4-3-5-7-15/h3-7,16H,2,8-14,20H2,1H3,(H,21,24). The fourth-order valence-corrected chi connectivity index (χ4v) is 3.24. The van der Waals surface area contributed by atoms with Crippen LogP contribution in [0, 0.1) is 0 Å². The van der Waals surface area contributed by atoms with Gasteiger partial charge in [0.2, 0.25) is 11.8 Å². The van der Waals surface area contributed by atoms with Crippen molar-refractivity contribution >= 4 is 17.7 Å². The molecule has 26 heavy (non-hydrogen) atoms. The van der Waals surface area contributed by atoms with Crippen LogP contribution >= 0.6 is 0 Å². The molecule has 0 saturated carbocycles. The van der Waals surface area contributed by atoms with Crippen molar-refractivity contribution < 1.29 is 14.4 Å². The first-order valence-corrected chi connectivity index (χ1v) is 9.17. The fourth-order valence-electron chi connectivity index (χ4n) is 3.24. The third kappa shape index (κ3) is 5.29. The number of piperidine rings is 1. The second-order valence-electron chi connectivity index (χ2n) is 6.46. The van der Waals surface area contributed by atoms with Gasteiger partial charge in [-0.25, -0.2) is 0 Å². The van der Waals surface area contributed by atoms with E-state index in [1.165, 1.54) is 0 Å². The molecule has 3 amide bonds. The summed E-state index contributed by atoms with van der Waals surface area (Å²) in [5.74, 6) is -0.396. The minimum Gasteiger partial charge on any atom is -0.346 e. The zero-order valence-corrected chi connectivity index (χ0v) is 15.3. The molecule has 1 aromatic rings. The maximum atomic E-state index is 12.5. The van der Waals surface area contributed by atoms with E-state index in [1.807, 2.05) is 47.1 Å². The van der Waals surface area contributed by atoms with Gasteiger partial charge in [-0.2, -0.15) is 0 Å². The summed E-state index contributed by atoms with van der Waals surface area (Å²) in [6, 6.07) is 9.34. The van der Waals surface area contributed by atoms with E-state index < -0.39 is 0 Å². The van der Waals surface area contributed by atoms with Crippen LogP contribution in [0.5, 0.6) is 0 Å².